The standard InChI is InChI=1S/C10H16O3/c1-2-3-6-13-10(12)8-4-5-9(11)7-8/h8H,2-7H2,1H3/t8-/m1/s1. The molecule has 0 N–H and O–H groups in total. The van der Waals surface area contributed by atoms with Gasteiger partial charge in [-0.3, -0.25) is 9.59 Å². The van der Waals surface area contributed by atoms with Crippen LogP contribution in [0.3, 0.4) is 0 Å². The highest BCUT2D eigenvalue weighted by Gasteiger charge is 2.29. The Kier molecular flexibility index (Phi) is 3.93. The fourth-order valence-corrected chi connectivity index (χ4v) is 1.45. The molecule has 1 atom stereocenters. The zero-order valence-corrected chi connectivity index (χ0v) is 8.04. The second kappa shape index (κ2) is 5.00. The number of carbonyl (C=O) groups is 2. The molecule has 1 fully saturated rings. The fraction of sp³-hybridized carbons (Fsp3) is 0.800. The lowest BCUT2D eigenvalue weighted by atomic mass is 10.1. The minimum Gasteiger partial charge on any atom is -0.465 e. The highest BCUT2D eigenvalue weighted by atomic mass is 16.5. The molecule has 0 amide bonds. The summed E-state index contributed by atoms with van der Waals surface area (Å²) in [7, 11) is 0. The van der Waals surface area contributed by atoms with Gasteiger partial charge in [-0.15, -0.1) is 0 Å². The average Bonchev–Trinajstić information content (AvgIpc) is 2.52. The molecule has 0 unspecified atom stereocenters. The molecule has 0 bridgehead atoms. The van der Waals surface area contributed by atoms with Crippen LogP contribution in [0.1, 0.15) is 39.0 Å². The van der Waals surface area contributed by atoms with Crippen molar-refractivity contribution in [3.63, 3.8) is 0 Å². The molecule has 3 nitrogen and oxygen atoms in total. The van der Waals surface area contributed by atoms with E-state index < -0.39 is 0 Å². The Morgan fingerprint density at radius 1 is 1.62 bits per heavy atom. The zero-order valence-electron chi connectivity index (χ0n) is 8.04. The Labute approximate surface area is 78.5 Å². The summed E-state index contributed by atoms with van der Waals surface area (Å²) in [5.41, 5.74) is 0. The smallest absolute Gasteiger partial charge is 0.309 e. The van der Waals surface area contributed by atoms with Gasteiger partial charge >= 0.3 is 5.97 Å². The van der Waals surface area contributed by atoms with Crippen LogP contribution in [0.4, 0.5) is 0 Å². The van der Waals surface area contributed by atoms with Gasteiger partial charge in [0.1, 0.15) is 5.78 Å². The summed E-state index contributed by atoms with van der Waals surface area (Å²) in [6.07, 6.45) is 3.56. The molecule has 0 spiro atoms. The summed E-state index contributed by atoms with van der Waals surface area (Å²) < 4.78 is 5.02. The monoisotopic (exact) mass is 184 g/mol. The summed E-state index contributed by atoms with van der Waals surface area (Å²) in [5, 5.41) is 0. The van der Waals surface area contributed by atoms with E-state index in [1.54, 1.807) is 0 Å². The molecular formula is C10H16O3. The van der Waals surface area contributed by atoms with Gasteiger partial charge in [0.05, 0.1) is 12.5 Å². The van der Waals surface area contributed by atoms with Crippen molar-refractivity contribution in [2.24, 2.45) is 5.92 Å². The molecular weight excluding hydrogens is 168 g/mol. The topological polar surface area (TPSA) is 43.4 Å². The zero-order chi connectivity index (χ0) is 9.68. The Morgan fingerprint density at radius 2 is 2.38 bits per heavy atom. The van der Waals surface area contributed by atoms with Crippen LogP contribution in [-0.4, -0.2) is 18.4 Å². The number of carbonyl (C=O) groups excluding carboxylic acids is 2. The third kappa shape index (κ3) is 3.17. The number of unbranched alkanes of at least 4 members (excludes halogenated alkanes) is 1. The van der Waals surface area contributed by atoms with Crippen molar-refractivity contribution >= 4 is 11.8 Å². The number of esters is 1. The number of Topliss-reactive ketones (excluding diaryl/α,β-unsaturated/α-hetero) is 1. The van der Waals surface area contributed by atoms with Gasteiger partial charge in [-0.05, 0) is 12.8 Å². The van der Waals surface area contributed by atoms with Crippen LogP contribution in [0.25, 0.3) is 0 Å². The Bertz CT molecular complexity index is 198. The van der Waals surface area contributed by atoms with Gasteiger partial charge in [0.15, 0.2) is 0 Å². The van der Waals surface area contributed by atoms with Crippen molar-refractivity contribution in [2.45, 2.75) is 39.0 Å². The van der Waals surface area contributed by atoms with Crippen molar-refractivity contribution in [3.05, 3.63) is 0 Å². The minimum atomic E-state index is -0.181. The first-order valence-corrected chi connectivity index (χ1v) is 4.92. The third-order valence-electron chi connectivity index (χ3n) is 2.32. The fourth-order valence-electron chi connectivity index (χ4n) is 1.45. The van der Waals surface area contributed by atoms with Crippen LogP contribution in [0.2, 0.25) is 0 Å². The van der Waals surface area contributed by atoms with Crippen molar-refractivity contribution in [3.8, 4) is 0 Å². The third-order valence-corrected chi connectivity index (χ3v) is 2.32. The molecule has 0 heterocycles. The van der Waals surface area contributed by atoms with Gasteiger partial charge in [0.2, 0.25) is 0 Å². The number of rotatable bonds is 4. The lowest BCUT2D eigenvalue weighted by molar-refractivity contribution is -0.148. The number of ketones is 1. The predicted molar refractivity (Wildman–Crippen MR) is 48.2 cm³/mol. The highest BCUT2D eigenvalue weighted by Crippen LogP contribution is 2.22. The molecule has 0 radical (unpaired) electrons. The van der Waals surface area contributed by atoms with Gasteiger partial charge in [0.25, 0.3) is 0 Å². The van der Waals surface area contributed by atoms with E-state index in [4.69, 9.17) is 4.74 Å². The van der Waals surface area contributed by atoms with Crippen molar-refractivity contribution < 1.29 is 14.3 Å². The Morgan fingerprint density at radius 3 is 2.92 bits per heavy atom. The first kappa shape index (κ1) is 10.2. The molecule has 0 aromatic rings. The van der Waals surface area contributed by atoms with Gasteiger partial charge in [-0.1, -0.05) is 13.3 Å². The van der Waals surface area contributed by atoms with Gasteiger partial charge in [-0.2, -0.15) is 0 Å². The molecule has 74 valence electrons. The summed E-state index contributed by atoms with van der Waals surface area (Å²) in [6.45, 7) is 2.55. The molecule has 1 rings (SSSR count). The molecule has 1 saturated carbocycles. The average molecular weight is 184 g/mol. The molecule has 0 aliphatic heterocycles. The summed E-state index contributed by atoms with van der Waals surface area (Å²) in [5.74, 6) is -0.138. The number of hydrogen-bond donors (Lipinski definition) is 0. The van der Waals surface area contributed by atoms with E-state index in [0.717, 1.165) is 12.8 Å². The maximum absolute atomic E-state index is 11.3. The summed E-state index contributed by atoms with van der Waals surface area (Å²) in [4.78, 5) is 22.2. The molecule has 0 aromatic heterocycles. The number of ether oxygens (including phenoxy) is 1. The minimum absolute atomic E-state index is 0.149. The maximum Gasteiger partial charge on any atom is 0.309 e. The van der Waals surface area contributed by atoms with E-state index in [-0.39, 0.29) is 17.7 Å². The van der Waals surface area contributed by atoms with E-state index in [0.29, 0.717) is 25.9 Å². The highest BCUT2D eigenvalue weighted by molar-refractivity contribution is 5.87. The van der Waals surface area contributed by atoms with Crippen LogP contribution < -0.4 is 0 Å². The SMILES string of the molecule is CCCCOC(=O)[C@@H]1CCC(=O)C1. The van der Waals surface area contributed by atoms with Crippen LogP contribution in [0.15, 0.2) is 0 Å². The van der Waals surface area contributed by atoms with Crippen LogP contribution >= 0.6 is 0 Å². The van der Waals surface area contributed by atoms with Crippen molar-refractivity contribution in [2.75, 3.05) is 6.61 Å². The van der Waals surface area contributed by atoms with Gasteiger partial charge in [0, 0.05) is 12.8 Å². The van der Waals surface area contributed by atoms with E-state index in [1.807, 2.05) is 6.92 Å². The number of hydrogen-bond acceptors (Lipinski definition) is 3. The summed E-state index contributed by atoms with van der Waals surface area (Å²) >= 11 is 0. The maximum atomic E-state index is 11.3. The second-order valence-corrected chi connectivity index (χ2v) is 3.50. The summed E-state index contributed by atoms with van der Waals surface area (Å²) in [6, 6.07) is 0. The molecule has 1 aliphatic rings. The van der Waals surface area contributed by atoms with E-state index in [1.165, 1.54) is 0 Å². The van der Waals surface area contributed by atoms with Crippen LogP contribution in [-0.2, 0) is 14.3 Å². The quantitative estimate of drug-likeness (QED) is 0.493. The van der Waals surface area contributed by atoms with E-state index >= 15 is 0 Å². The first-order valence-electron chi connectivity index (χ1n) is 4.92. The Balaban J connectivity index is 2.20. The molecule has 0 saturated heterocycles. The van der Waals surface area contributed by atoms with Crippen LogP contribution in [0.5, 0.6) is 0 Å². The second-order valence-electron chi connectivity index (χ2n) is 3.50. The lowest BCUT2D eigenvalue weighted by Gasteiger charge is -2.07. The van der Waals surface area contributed by atoms with Crippen molar-refractivity contribution in [1.29, 1.82) is 0 Å². The molecule has 3 heteroatoms. The molecule has 0 aromatic carbocycles. The van der Waals surface area contributed by atoms with E-state index in [2.05, 4.69) is 0 Å². The largest absolute Gasteiger partial charge is 0.465 e. The molecule has 1 aliphatic carbocycles. The lowest BCUT2D eigenvalue weighted by Crippen LogP contribution is -2.15. The van der Waals surface area contributed by atoms with Gasteiger partial charge < -0.3 is 4.74 Å². The van der Waals surface area contributed by atoms with E-state index in [9.17, 15) is 9.59 Å². The van der Waals surface area contributed by atoms with Crippen LogP contribution in [0, 0.1) is 5.92 Å². The van der Waals surface area contributed by atoms with Crippen molar-refractivity contribution in [1.82, 2.24) is 0 Å². The molecule has 13 heavy (non-hydrogen) atoms. The Hall–Kier alpha value is -0.860. The normalized spacial score (nSPS) is 21.9. The predicted octanol–water partition coefficient (Wildman–Crippen LogP) is 1.70. The first-order chi connectivity index (χ1) is 6.24. The van der Waals surface area contributed by atoms with Gasteiger partial charge in [-0.25, -0.2) is 0 Å².